The molecule has 0 bridgehead atoms. The topological polar surface area (TPSA) is 144 Å². The lowest BCUT2D eigenvalue weighted by Crippen LogP contribution is -3.00. The first-order chi connectivity index (χ1) is 10.6. The molecule has 2 aliphatic rings. The van der Waals surface area contributed by atoms with E-state index in [2.05, 4.69) is 11.1 Å². The molecule has 0 spiro atoms. The number of rotatable bonds is 3. The molecule has 1 aliphatic heterocycles. The Morgan fingerprint density at radius 2 is 2.12 bits per heavy atom. The Hall–Kier alpha value is -1.06. The minimum Gasteiger partial charge on any atom is -1.00 e. The average molecular weight is 385 g/mol. The van der Waals surface area contributed by atoms with Gasteiger partial charge in [0.25, 0.3) is 5.91 Å². The van der Waals surface area contributed by atoms with Gasteiger partial charge in [0, 0.05) is 12.3 Å². The van der Waals surface area contributed by atoms with Crippen LogP contribution in [0.15, 0.2) is 11.3 Å². The molecule has 6 atom stereocenters. The fourth-order valence-electron chi connectivity index (χ4n) is 3.01. The Labute approximate surface area is 150 Å². The fraction of sp³-hybridized carbons (Fsp3) is 0.714. The summed E-state index contributed by atoms with van der Waals surface area (Å²) in [5.41, 5.74) is 2.19. The van der Waals surface area contributed by atoms with E-state index in [9.17, 15) is 24.9 Å². The number of esters is 1. The Morgan fingerprint density at radius 3 is 2.62 bits per heavy atom. The van der Waals surface area contributed by atoms with Gasteiger partial charge in [-0.05, 0) is 13.8 Å². The number of hydrogen-bond acceptors (Lipinski definition) is 6. The molecule has 1 aliphatic carbocycles. The zero-order valence-corrected chi connectivity index (χ0v) is 14.8. The smallest absolute Gasteiger partial charge is 0.338 e. The molecule has 1 saturated heterocycles. The van der Waals surface area contributed by atoms with E-state index in [0.29, 0.717) is 0 Å². The van der Waals surface area contributed by atoms with Crippen LogP contribution in [0, 0.1) is 5.92 Å². The van der Waals surface area contributed by atoms with E-state index in [1.807, 2.05) is 0 Å². The molecule has 1 fully saturated rings. The minimum atomic E-state index is -1.35. The van der Waals surface area contributed by atoms with E-state index in [4.69, 9.17) is 16.3 Å². The summed E-state index contributed by atoms with van der Waals surface area (Å²) in [6, 6.07) is -1.49. The zero-order valence-electron chi connectivity index (χ0n) is 13.3. The summed E-state index contributed by atoms with van der Waals surface area (Å²) in [6.45, 7) is 3.11. The first kappa shape index (κ1) is 21.0. The van der Waals surface area contributed by atoms with Crippen molar-refractivity contribution in [2.24, 2.45) is 5.92 Å². The number of ether oxygens (including phenoxy) is 1. The van der Waals surface area contributed by atoms with E-state index in [1.165, 1.54) is 6.92 Å². The van der Waals surface area contributed by atoms with Crippen molar-refractivity contribution in [2.45, 2.75) is 50.2 Å². The predicted octanol–water partition coefficient (Wildman–Crippen LogP) is -4.79. The summed E-state index contributed by atoms with van der Waals surface area (Å²) in [5, 5.41) is 33.0. The van der Waals surface area contributed by atoms with Gasteiger partial charge in [-0.15, -0.1) is 11.6 Å². The van der Waals surface area contributed by atoms with Crippen LogP contribution in [0.4, 0.5) is 0 Å². The van der Waals surface area contributed by atoms with Gasteiger partial charge in [-0.2, -0.15) is 0 Å². The minimum absolute atomic E-state index is 0. The predicted molar refractivity (Wildman–Crippen MR) is 79.3 cm³/mol. The fourth-order valence-corrected chi connectivity index (χ4v) is 3.23. The van der Waals surface area contributed by atoms with Crippen LogP contribution in [0.5, 0.6) is 0 Å². The third-order valence-electron chi connectivity index (χ3n) is 4.38. The van der Waals surface area contributed by atoms with Crippen LogP contribution in [0.2, 0.25) is 0 Å². The van der Waals surface area contributed by atoms with Gasteiger partial charge in [-0.3, -0.25) is 4.79 Å². The van der Waals surface area contributed by atoms with E-state index in [1.54, 1.807) is 6.92 Å². The normalized spacial score (nSPS) is 37.0. The number of quaternary nitrogens is 1. The van der Waals surface area contributed by atoms with Crippen molar-refractivity contribution in [3.8, 4) is 0 Å². The summed E-state index contributed by atoms with van der Waals surface area (Å²) < 4.78 is 5.32. The molecule has 8 nitrogen and oxygen atoms in total. The van der Waals surface area contributed by atoms with Gasteiger partial charge in [0.2, 0.25) is 0 Å². The molecule has 1 amide bonds. The van der Waals surface area contributed by atoms with Crippen LogP contribution in [0.3, 0.4) is 0 Å². The molecule has 0 saturated carbocycles. The molecule has 0 aromatic rings. The third kappa shape index (κ3) is 3.48. The van der Waals surface area contributed by atoms with Crippen molar-refractivity contribution >= 4 is 23.5 Å². The first-order valence-electron chi connectivity index (χ1n) is 7.33. The van der Waals surface area contributed by atoms with Gasteiger partial charge >= 0.3 is 5.97 Å². The number of alkyl halides is 1. The van der Waals surface area contributed by atoms with E-state index >= 15 is 0 Å². The van der Waals surface area contributed by atoms with Crippen molar-refractivity contribution in [1.82, 2.24) is 5.32 Å². The summed E-state index contributed by atoms with van der Waals surface area (Å²) >= 11 is 5.93. The van der Waals surface area contributed by atoms with Gasteiger partial charge in [0.15, 0.2) is 6.04 Å². The second-order valence-corrected chi connectivity index (χ2v) is 6.64. The summed E-state index contributed by atoms with van der Waals surface area (Å²) in [4.78, 5) is 24.3. The number of aliphatic hydroxyl groups is 3. The molecule has 138 valence electrons. The molecule has 0 radical (unpaired) electrons. The highest BCUT2D eigenvalue weighted by Crippen LogP contribution is 2.42. The van der Waals surface area contributed by atoms with E-state index < -0.39 is 47.7 Å². The third-order valence-corrected chi connectivity index (χ3v) is 4.91. The van der Waals surface area contributed by atoms with Gasteiger partial charge < -0.3 is 43.5 Å². The standard InChI is InChI=1S/C14H21ClN2O6.ClH/c1-5(16)12(21)17-11-9-8(6(18)3-7(19)10(9)20)13(22)23-14(11,2)4-15;/h5,7,9-11,18-20H,3-4,16H2,1-2H3,(H,17,21);1H/t5?,7-,9+,10+,11-,14-;/m1./s1. The number of cyclic esters (lactones) is 1. The second-order valence-electron chi connectivity index (χ2n) is 6.37. The largest absolute Gasteiger partial charge is 1.00 e. The van der Waals surface area contributed by atoms with E-state index in [0.717, 1.165) is 0 Å². The molecule has 0 aromatic carbocycles. The molecule has 24 heavy (non-hydrogen) atoms. The maximum atomic E-state index is 12.2. The van der Waals surface area contributed by atoms with Crippen molar-refractivity contribution < 1.29 is 47.8 Å². The van der Waals surface area contributed by atoms with Crippen LogP contribution in [-0.4, -0.2) is 63.0 Å². The number of carbonyl (C=O) groups excluding carboxylic acids is 2. The lowest BCUT2D eigenvalue weighted by molar-refractivity contribution is -0.398. The van der Waals surface area contributed by atoms with Crippen LogP contribution in [0.1, 0.15) is 20.3 Å². The SMILES string of the molecule is CC([NH3+])C(=O)N[C@@H]1[C@H]2C(=C(O)C[C@@H](O)[C@@H]2O)C(=O)O[C@]1(C)CCl.[Cl-]. The van der Waals surface area contributed by atoms with Crippen molar-refractivity contribution in [3.05, 3.63) is 11.3 Å². The maximum absolute atomic E-state index is 12.2. The second kappa shape index (κ2) is 7.45. The molecule has 2 rings (SSSR count). The van der Waals surface area contributed by atoms with Crippen LogP contribution in [-0.2, 0) is 14.3 Å². The van der Waals surface area contributed by atoms with Crippen molar-refractivity contribution in [2.75, 3.05) is 5.88 Å². The molecule has 10 heteroatoms. The number of amides is 1. The summed E-state index contributed by atoms with van der Waals surface area (Å²) in [5.74, 6) is -2.74. The number of hydrogen-bond donors (Lipinski definition) is 5. The average Bonchev–Trinajstić information content (AvgIpc) is 2.46. The van der Waals surface area contributed by atoms with Gasteiger partial charge in [0.05, 0.1) is 29.7 Å². The molecular weight excluding hydrogens is 363 g/mol. The van der Waals surface area contributed by atoms with Crippen LogP contribution < -0.4 is 23.5 Å². The molecular formula is C14H22Cl2N2O6. The summed E-state index contributed by atoms with van der Waals surface area (Å²) in [6.07, 6.45) is -2.86. The number of nitrogens with one attached hydrogen (secondary N) is 1. The highest BCUT2D eigenvalue weighted by atomic mass is 35.5. The van der Waals surface area contributed by atoms with Crippen LogP contribution >= 0.6 is 11.6 Å². The molecule has 1 heterocycles. The Kier molecular flexibility index (Phi) is 6.51. The van der Waals surface area contributed by atoms with E-state index in [-0.39, 0.29) is 36.0 Å². The Balaban J connectivity index is 0.00000288. The van der Waals surface area contributed by atoms with Crippen molar-refractivity contribution in [1.29, 1.82) is 0 Å². The van der Waals surface area contributed by atoms with Gasteiger partial charge in [0.1, 0.15) is 11.4 Å². The summed E-state index contributed by atoms with van der Waals surface area (Å²) in [7, 11) is 0. The maximum Gasteiger partial charge on any atom is 0.338 e. The monoisotopic (exact) mass is 384 g/mol. The van der Waals surface area contributed by atoms with Crippen molar-refractivity contribution in [3.63, 3.8) is 0 Å². The quantitative estimate of drug-likeness (QED) is 0.244. The Bertz CT molecular complexity index is 555. The van der Waals surface area contributed by atoms with Crippen LogP contribution in [0.25, 0.3) is 0 Å². The van der Waals surface area contributed by atoms with Gasteiger partial charge in [-0.1, -0.05) is 0 Å². The zero-order chi connectivity index (χ0) is 17.5. The number of halogens is 2. The highest BCUT2D eigenvalue weighted by molar-refractivity contribution is 6.18. The highest BCUT2D eigenvalue weighted by Gasteiger charge is 2.56. The lowest BCUT2D eigenvalue weighted by atomic mass is 9.71. The van der Waals surface area contributed by atoms with Gasteiger partial charge in [-0.25, -0.2) is 4.79 Å². The molecule has 0 aromatic heterocycles. The molecule has 7 N–H and O–H groups in total. The Morgan fingerprint density at radius 1 is 1.54 bits per heavy atom. The molecule has 1 unspecified atom stereocenters. The number of carbonyl (C=O) groups is 2. The lowest BCUT2D eigenvalue weighted by Gasteiger charge is -2.48. The number of aliphatic hydroxyl groups excluding tert-OH is 3. The first-order valence-corrected chi connectivity index (χ1v) is 7.86. The number of fused-ring (bicyclic) bond motifs is 1.